The highest BCUT2D eigenvalue weighted by atomic mass is 19.1. The summed E-state index contributed by atoms with van der Waals surface area (Å²) in [5, 5.41) is 2.58. The molecule has 0 radical (unpaired) electrons. The van der Waals surface area contributed by atoms with Crippen LogP contribution in [0.25, 0.3) is 0 Å². The topological polar surface area (TPSA) is 38.3 Å². The van der Waals surface area contributed by atoms with E-state index in [9.17, 15) is 9.18 Å². The average Bonchev–Trinajstić information content (AvgIpc) is 2.45. The van der Waals surface area contributed by atoms with Gasteiger partial charge in [-0.2, -0.15) is 0 Å². The first-order chi connectivity index (χ1) is 10.0. The van der Waals surface area contributed by atoms with Crippen molar-refractivity contribution in [1.82, 2.24) is 0 Å². The molecule has 2 aromatic carbocycles. The standard InChI is InChI=1S/C17H18FNO2/c1-12(2)13-6-8-16(9-7-13)21-11-17(20)19-15-5-3-4-14(18)10-15/h3-10,12H,11H2,1-2H3,(H,19,20). The van der Waals surface area contributed by atoms with Gasteiger partial charge in [0, 0.05) is 5.69 Å². The molecule has 1 amide bonds. The summed E-state index contributed by atoms with van der Waals surface area (Å²) >= 11 is 0. The van der Waals surface area contributed by atoms with Crippen LogP contribution in [0.5, 0.6) is 5.75 Å². The molecule has 0 heterocycles. The number of benzene rings is 2. The lowest BCUT2D eigenvalue weighted by Crippen LogP contribution is -2.20. The Morgan fingerprint density at radius 2 is 1.90 bits per heavy atom. The zero-order chi connectivity index (χ0) is 15.2. The van der Waals surface area contributed by atoms with Crippen molar-refractivity contribution in [2.45, 2.75) is 19.8 Å². The van der Waals surface area contributed by atoms with E-state index in [0.29, 0.717) is 17.4 Å². The Morgan fingerprint density at radius 1 is 1.19 bits per heavy atom. The number of amides is 1. The van der Waals surface area contributed by atoms with Gasteiger partial charge in [0.15, 0.2) is 6.61 Å². The summed E-state index contributed by atoms with van der Waals surface area (Å²) in [6.45, 7) is 4.11. The fourth-order valence-corrected chi connectivity index (χ4v) is 1.86. The van der Waals surface area contributed by atoms with E-state index in [-0.39, 0.29) is 12.5 Å². The van der Waals surface area contributed by atoms with Gasteiger partial charge in [-0.3, -0.25) is 4.79 Å². The quantitative estimate of drug-likeness (QED) is 0.903. The third-order valence-electron chi connectivity index (χ3n) is 3.03. The van der Waals surface area contributed by atoms with E-state index >= 15 is 0 Å². The summed E-state index contributed by atoms with van der Waals surface area (Å²) in [4.78, 5) is 11.7. The Bertz CT molecular complexity index is 608. The van der Waals surface area contributed by atoms with Crippen LogP contribution >= 0.6 is 0 Å². The van der Waals surface area contributed by atoms with Crippen molar-refractivity contribution in [3.05, 3.63) is 59.9 Å². The van der Waals surface area contributed by atoms with Crippen molar-refractivity contribution in [2.24, 2.45) is 0 Å². The largest absolute Gasteiger partial charge is 0.484 e. The lowest BCUT2D eigenvalue weighted by atomic mass is 10.0. The monoisotopic (exact) mass is 287 g/mol. The van der Waals surface area contributed by atoms with Crippen LogP contribution in [-0.2, 0) is 4.79 Å². The molecular formula is C17H18FNO2. The minimum atomic E-state index is -0.391. The van der Waals surface area contributed by atoms with Crippen LogP contribution in [-0.4, -0.2) is 12.5 Å². The Morgan fingerprint density at radius 3 is 2.52 bits per heavy atom. The first-order valence-electron chi connectivity index (χ1n) is 6.83. The molecule has 0 fully saturated rings. The highest BCUT2D eigenvalue weighted by Gasteiger charge is 2.05. The molecule has 0 aliphatic rings. The van der Waals surface area contributed by atoms with Gasteiger partial charge in [0.1, 0.15) is 11.6 Å². The van der Waals surface area contributed by atoms with Gasteiger partial charge in [-0.1, -0.05) is 32.0 Å². The fraction of sp³-hybridized carbons (Fsp3) is 0.235. The lowest BCUT2D eigenvalue weighted by molar-refractivity contribution is -0.118. The first-order valence-corrected chi connectivity index (χ1v) is 6.83. The van der Waals surface area contributed by atoms with E-state index in [1.165, 1.54) is 23.8 Å². The smallest absolute Gasteiger partial charge is 0.262 e. The van der Waals surface area contributed by atoms with Crippen LogP contribution < -0.4 is 10.1 Å². The van der Waals surface area contributed by atoms with Crippen molar-refractivity contribution < 1.29 is 13.9 Å². The summed E-state index contributed by atoms with van der Waals surface area (Å²) in [5.41, 5.74) is 1.63. The molecule has 0 atom stereocenters. The number of rotatable bonds is 5. The number of carbonyl (C=O) groups is 1. The Labute approximate surface area is 123 Å². The maximum absolute atomic E-state index is 13.0. The van der Waals surface area contributed by atoms with E-state index in [1.807, 2.05) is 24.3 Å². The molecule has 0 unspecified atom stereocenters. The van der Waals surface area contributed by atoms with Gasteiger partial charge < -0.3 is 10.1 Å². The van der Waals surface area contributed by atoms with Crippen LogP contribution in [0, 0.1) is 5.82 Å². The van der Waals surface area contributed by atoms with Crippen molar-refractivity contribution in [1.29, 1.82) is 0 Å². The van der Waals surface area contributed by atoms with Gasteiger partial charge in [-0.15, -0.1) is 0 Å². The second kappa shape index (κ2) is 6.88. The van der Waals surface area contributed by atoms with Crippen molar-refractivity contribution in [3.63, 3.8) is 0 Å². The third kappa shape index (κ3) is 4.60. The summed E-state index contributed by atoms with van der Waals surface area (Å²) in [7, 11) is 0. The molecule has 0 aromatic heterocycles. The zero-order valence-corrected chi connectivity index (χ0v) is 12.1. The summed E-state index contributed by atoms with van der Waals surface area (Å²) < 4.78 is 18.4. The Hall–Kier alpha value is -2.36. The average molecular weight is 287 g/mol. The molecule has 1 N–H and O–H groups in total. The molecule has 2 rings (SSSR count). The van der Waals surface area contributed by atoms with Crippen LogP contribution in [0.3, 0.4) is 0 Å². The Kier molecular flexibility index (Phi) is 4.93. The van der Waals surface area contributed by atoms with Crippen LogP contribution in [0.2, 0.25) is 0 Å². The minimum absolute atomic E-state index is 0.114. The second-order valence-corrected chi connectivity index (χ2v) is 5.07. The molecule has 21 heavy (non-hydrogen) atoms. The molecule has 0 spiro atoms. The van der Waals surface area contributed by atoms with Crippen LogP contribution in [0.1, 0.15) is 25.3 Å². The van der Waals surface area contributed by atoms with E-state index in [0.717, 1.165) is 0 Å². The number of anilines is 1. The highest BCUT2D eigenvalue weighted by molar-refractivity contribution is 5.91. The molecule has 3 nitrogen and oxygen atoms in total. The van der Waals surface area contributed by atoms with E-state index < -0.39 is 5.82 Å². The van der Waals surface area contributed by atoms with Crippen molar-refractivity contribution in [3.8, 4) is 5.75 Å². The predicted octanol–water partition coefficient (Wildman–Crippen LogP) is 3.97. The normalized spacial score (nSPS) is 10.5. The van der Waals surface area contributed by atoms with Gasteiger partial charge in [-0.25, -0.2) is 4.39 Å². The van der Waals surface area contributed by atoms with Crippen LogP contribution in [0.4, 0.5) is 10.1 Å². The molecule has 110 valence electrons. The van der Waals surface area contributed by atoms with Crippen LogP contribution in [0.15, 0.2) is 48.5 Å². The number of carbonyl (C=O) groups excluding carboxylic acids is 1. The number of hydrogen-bond donors (Lipinski definition) is 1. The fourth-order valence-electron chi connectivity index (χ4n) is 1.86. The van der Waals surface area contributed by atoms with E-state index in [4.69, 9.17) is 4.74 Å². The summed E-state index contributed by atoms with van der Waals surface area (Å²) in [5.74, 6) is 0.371. The SMILES string of the molecule is CC(C)c1ccc(OCC(=O)Nc2cccc(F)c2)cc1. The number of halogens is 1. The van der Waals surface area contributed by atoms with Crippen molar-refractivity contribution >= 4 is 11.6 Å². The molecule has 0 aliphatic heterocycles. The summed E-state index contributed by atoms with van der Waals surface area (Å²) in [6, 6.07) is 13.4. The number of hydrogen-bond acceptors (Lipinski definition) is 2. The summed E-state index contributed by atoms with van der Waals surface area (Å²) in [6.07, 6.45) is 0. The maximum atomic E-state index is 13.0. The predicted molar refractivity (Wildman–Crippen MR) is 81.1 cm³/mol. The molecule has 0 aliphatic carbocycles. The van der Waals surface area contributed by atoms with Gasteiger partial charge in [0.25, 0.3) is 5.91 Å². The molecule has 0 saturated heterocycles. The van der Waals surface area contributed by atoms with Gasteiger partial charge in [0.05, 0.1) is 0 Å². The highest BCUT2D eigenvalue weighted by Crippen LogP contribution is 2.18. The van der Waals surface area contributed by atoms with Gasteiger partial charge in [0.2, 0.25) is 0 Å². The number of ether oxygens (including phenoxy) is 1. The van der Waals surface area contributed by atoms with Crippen molar-refractivity contribution in [2.75, 3.05) is 11.9 Å². The zero-order valence-electron chi connectivity index (χ0n) is 12.1. The van der Waals surface area contributed by atoms with E-state index in [2.05, 4.69) is 19.2 Å². The van der Waals surface area contributed by atoms with Gasteiger partial charge >= 0.3 is 0 Å². The third-order valence-corrected chi connectivity index (χ3v) is 3.03. The minimum Gasteiger partial charge on any atom is -0.484 e. The van der Waals surface area contributed by atoms with E-state index in [1.54, 1.807) is 6.07 Å². The maximum Gasteiger partial charge on any atom is 0.262 e. The molecule has 4 heteroatoms. The number of nitrogens with one attached hydrogen (secondary N) is 1. The van der Waals surface area contributed by atoms with Gasteiger partial charge in [-0.05, 0) is 41.8 Å². The molecule has 0 bridgehead atoms. The first kappa shape index (κ1) is 15.0. The lowest BCUT2D eigenvalue weighted by Gasteiger charge is -2.09. The molecule has 2 aromatic rings. The second-order valence-electron chi connectivity index (χ2n) is 5.07. The Balaban J connectivity index is 1.86. The molecular weight excluding hydrogens is 269 g/mol. The molecule has 0 saturated carbocycles.